The molecule has 0 aliphatic rings. The van der Waals surface area contributed by atoms with Crippen molar-refractivity contribution in [3.8, 4) is 0 Å². The highest BCUT2D eigenvalue weighted by Crippen LogP contribution is 2.29. The zero-order valence-electron chi connectivity index (χ0n) is 12.1. The van der Waals surface area contributed by atoms with Gasteiger partial charge in [-0.1, -0.05) is 20.8 Å². The molecule has 0 aliphatic heterocycles. The normalized spacial score (nSPS) is 12.9. The summed E-state index contributed by atoms with van der Waals surface area (Å²) in [4.78, 5) is 0. The molecule has 0 saturated heterocycles. The number of nitrogens with one attached hydrogen (secondary N) is 2. The van der Waals surface area contributed by atoms with Gasteiger partial charge in [0.15, 0.2) is 0 Å². The standard InChI is InChI=1S/C12H28N2O2S2/c1-5-8-13-9-10-18(15,16)14-11-12(6-2,7-3)17-4/h13-14H,5-11H2,1-4H3. The molecule has 0 aromatic carbocycles. The first-order valence-electron chi connectivity index (χ1n) is 6.68. The maximum atomic E-state index is 11.8. The van der Waals surface area contributed by atoms with Crippen LogP contribution in [0.2, 0.25) is 0 Å². The van der Waals surface area contributed by atoms with E-state index in [0.29, 0.717) is 13.1 Å². The molecule has 0 spiro atoms. The molecule has 0 rings (SSSR count). The lowest BCUT2D eigenvalue weighted by molar-refractivity contribution is 0.520. The Labute approximate surface area is 117 Å². The van der Waals surface area contributed by atoms with Crippen LogP contribution >= 0.6 is 11.8 Å². The van der Waals surface area contributed by atoms with Crippen molar-refractivity contribution in [2.75, 3.05) is 31.6 Å². The van der Waals surface area contributed by atoms with Crippen LogP contribution in [-0.2, 0) is 10.0 Å². The first-order chi connectivity index (χ1) is 8.45. The predicted octanol–water partition coefficient (Wildman–Crippen LogP) is 1.83. The topological polar surface area (TPSA) is 58.2 Å². The summed E-state index contributed by atoms with van der Waals surface area (Å²) in [5.74, 6) is 0.158. The summed E-state index contributed by atoms with van der Waals surface area (Å²) in [6.45, 7) is 8.20. The number of hydrogen-bond acceptors (Lipinski definition) is 4. The van der Waals surface area contributed by atoms with Crippen LogP contribution in [0.3, 0.4) is 0 Å². The van der Waals surface area contributed by atoms with Crippen LogP contribution < -0.4 is 10.0 Å². The summed E-state index contributed by atoms with van der Waals surface area (Å²) in [7, 11) is -3.15. The zero-order chi connectivity index (χ0) is 14.1. The van der Waals surface area contributed by atoms with Gasteiger partial charge in [0, 0.05) is 17.8 Å². The monoisotopic (exact) mass is 296 g/mol. The van der Waals surface area contributed by atoms with E-state index in [4.69, 9.17) is 0 Å². The summed E-state index contributed by atoms with van der Waals surface area (Å²) >= 11 is 1.75. The lowest BCUT2D eigenvalue weighted by atomic mass is 10.0. The first kappa shape index (κ1) is 18.2. The van der Waals surface area contributed by atoms with E-state index in [0.717, 1.165) is 25.8 Å². The lowest BCUT2D eigenvalue weighted by Gasteiger charge is -2.29. The second-order valence-electron chi connectivity index (χ2n) is 4.48. The first-order valence-corrected chi connectivity index (χ1v) is 9.56. The van der Waals surface area contributed by atoms with Gasteiger partial charge in [-0.15, -0.1) is 0 Å². The highest BCUT2D eigenvalue weighted by molar-refractivity contribution is 8.00. The van der Waals surface area contributed by atoms with Crippen LogP contribution in [0.5, 0.6) is 0 Å². The quantitative estimate of drug-likeness (QED) is 0.571. The van der Waals surface area contributed by atoms with Crippen molar-refractivity contribution in [3.05, 3.63) is 0 Å². The summed E-state index contributed by atoms with van der Waals surface area (Å²) in [6.07, 6.45) is 5.02. The molecular formula is C12H28N2O2S2. The van der Waals surface area contributed by atoms with Gasteiger partial charge in [-0.2, -0.15) is 11.8 Å². The Morgan fingerprint density at radius 2 is 1.72 bits per heavy atom. The van der Waals surface area contributed by atoms with Gasteiger partial charge in [-0.05, 0) is 32.1 Å². The summed E-state index contributed by atoms with van der Waals surface area (Å²) < 4.78 is 26.4. The molecular weight excluding hydrogens is 268 g/mol. The number of sulfonamides is 1. The maximum Gasteiger partial charge on any atom is 0.212 e. The molecule has 0 radical (unpaired) electrons. The van der Waals surface area contributed by atoms with Crippen molar-refractivity contribution in [2.24, 2.45) is 0 Å². The fourth-order valence-corrected chi connectivity index (χ4v) is 3.62. The number of hydrogen-bond donors (Lipinski definition) is 2. The van der Waals surface area contributed by atoms with E-state index in [-0.39, 0.29) is 10.5 Å². The molecule has 0 unspecified atom stereocenters. The SMILES string of the molecule is CCCNCCS(=O)(=O)NCC(CC)(CC)SC. The number of thioether (sulfide) groups is 1. The van der Waals surface area contributed by atoms with Gasteiger partial charge in [0.05, 0.1) is 5.75 Å². The average Bonchev–Trinajstić information content (AvgIpc) is 2.37. The molecule has 6 heteroatoms. The van der Waals surface area contributed by atoms with Gasteiger partial charge in [0.1, 0.15) is 0 Å². The Morgan fingerprint density at radius 3 is 2.17 bits per heavy atom. The maximum absolute atomic E-state index is 11.8. The fraction of sp³-hybridized carbons (Fsp3) is 1.00. The molecule has 0 fully saturated rings. The van der Waals surface area contributed by atoms with Gasteiger partial charge in [0.25, 0.3) is 0 Å². The van der Waals surface area contributed by atoms with Crippen molar-refractivity contribution in [3.63, 3.8) is 0 Å². The zero-order valence-corrected chi connectivity index (χ0v) is 13.7. The van der Waals surface area contributed by atoms with Gasteiger partial charge in [0.2, 0.25) is 10.0 Å². The summed E-state index contributed by atoms with van der Waals surface area (Å²) in [6, 6.07) is 0. The fourth-order valence-electron chi connectivity index (χ4n) is 1.68. The van der Waals surface area contributed by atoms with E-state index >= 15 is 0 Å². The van der Waals surface area contributed by atoms with Gasteiger partial charge < -0.3 is 5.32 Å². The molecule has 0 heterocycles. The van der Waals surface area contributed by atoms with E-state index in [1.165, 1.54) is 0 Å². The van der Waals surface area contributed by atoms with E-state index in [1.807, 2.05) is 6.26 Å². The van der Waals surface area contributed by atoms with Crippen LogP contribution in [0.25, 0.3) is 0 Å². The van der Waals surface area contributed by atoms with Gasteiger partial charge in [-0.3, -0.25) is 0 Å². The van der Waals surface area contributed by atoms with E-state index in [1.54, 1.807) is 11.8 Å². The van der Waals surface area contributed by atoms with Crippen LogP contribution in [-0.4, -0.2) is 44.8 Å². The Hall–Kier alpha value is 0.220. The second kappa shape index (κ2) is 9.18. The molecule has 0 aromatic heterocycles. The van der Waals surface area contributed by atoms with Crippen LogP contribution in [0, 0.1) is 0 Å². The predicted molar refractivity (Wildman–Crippen MR) is 81.8 cm³/mol. The largest absolute Gasteiger partial charge is 0.316 e. The minimum Gasteiger partial charge on any atom is -0.316 e. The van der Waals surface area contributed by atoms with Crippen molar-refractivity contribution in [1.29, 1.82) is 0 Å². The Morgan fingerprint density at radius 1 is 1.11 bits per heavy atom. The lowest BCUT2D eigenvalue weighted by Crippen LogP contribution is -2.41. The van der Waals surface area contributed by atoms with Crippen molar-refractivity contribution < 1.29 is 8.42 Å². The number of rotatable bonds is 11. The minimum absolute atomic E-state index is 0.0317. The second-order valence-corrected chi connectivity index (χ2v) is 7.68. The average molecular weight is 297 g/mol. The third-order valence-corrected chi connectivity index (χ3v) is 6.22. The highest BCUT2D eigenvalue weighted by Gasteiger charge is 2.26. The molecule has 0 aliphatic carbocycles. The molecule has 0 saturated carbocycles. The molecule has 110 valence electrons. The van der Waals surface area contributed by atoms with E-state index in [2.05, 4.69) is 30.8 Å². The van der Waals surface area contributed by atoms with Crippen molar-refractivity contribution >= 4 is 21.8 Å². The third-order valence-electron chi connectivity index (χ3n) is 3.31. The molecule has 0 amide bonds. The summed E-state index contributed by atoms with van der Waals surface area (Å²) in [5.41, 5.74) is 0. The van der Waals surface area contributed by atoms with Crippen molar-refractivity contribution in [2.45, 2.75) is 44.8 Å². The van der Waals surface area contributed by atoms with Crippen LogP contribution in [0.4, 0.5) is 0 Å². The highest BCUT2D eigenvalue weighted by atomic mass is 32.2. The molecule has 4 nitrogen and oxygen atoms in total. The minimum atomic E-state index is -3.15. The Balaban J connectivity index is 4.16. The van der Waals surface area contributed by atoms with Crippen LogP contribution in [0.15, 0.2) is 0 Å². The van der Waals surface area contributed by atoms with Crippen LogP contribution in [0.1, 0.15) is 40.0 Å². The third kappa shape index (κ3) is 6.97. The van der Waals surface area contributed by atoms with E-state index in [9.17, 15) is 8.42 Å². The van der Waals surface area contributed by atoms with Gasteiger partial charge in [-0.25, -0.2) is 13.1 Å². The Kier molecular flexibility index (Phi) is 9.29. The molecule has 2 N–H and O–H groups in total. The smallest absolute Gasteiger partial charge is 0.212 e. The molecule has 0 bridgehead atoms. The van der Waals surface area contributed by atoms with Crippen molar-refractivity contribution in [1.82, 2.24) is 10.0 Å². The molecule has 0 aromatic rings. The molecule has 18 heavy (non-hydrogen) atoms. The molecule has 0 atom stereocenters. The van der Waals surface area contributed by atoms with E-state index < -0.39 is 10.0 Å². The summed E-state index contributed by atoms with van der Waals surface area (Å²) in [5, 5.41) is 3.11. The van der Waals surface area contributed by atoms with Gasteiger partial charge >= 0.3 is 0 Å². The Bertz CT molecular complexity index is 293.